The molecule has 1 fully saturated rings. The van der Waals surface area contributed by atoms with Crippen LogP contribution in [0, 0.1) is 10.1 Å². The third-order valence-electron chi connectivity index (χ3n) is 4.78. The first-order valence-corrected chi connectivity index (χ1v) is 9.36. The molecule has 0 saturated carbocycles. The fraction of sp³-hybridized carbons (Fsp3) is 0.130. The Hall–Kier alpha value is -4.20. The van der Waals surface area contributed by atoms with E-state index < -0.39 is 22.7 Å². The maximum absolute atomic E-state index is 12.8. The van der Waals surface area contributed by atoms with Gasteiger partial charge in [-0.05, 0) is 42.0 Å². The Labute approximate surface area is 178 Å². The number of nitro groups is 1. The summed E-state index contributed by atoms with van der Waals surface area (Å²) in [4.78, 5) is 37.1. The van der Waals surface area contributed by atoms with Crippen molar-refractivity contribution in [2.75, 3.05) is 13.2 Å². The molecule has 1 aliphatic rings. The predicted molar refractivity (Wildman–Crippen MR) is 114 cm³/mol. The molecule has 8 heteroatoms. The van der Waals surface area contributed by atoms with E-state index in [1.165, 1.54) is 35.2 Å². The third kappa shape index (κ3) is 4.23. The van der Waals surface area contributed by atoms with Gasteiger partial charge in [-0.2, -0.15) is 0 Å². The number of carbonyl (C=O) groups is 2. The molecule has 1 atom stereocenters. The molecule has 158 valence electrons. The molecular weight excluding hydrogens is 400 g/mol. The maximum atomic E-state index is 12.8. The van der Waals surface area contributed by atoms with Crippen molar-refractivity contribution in [1.29, 1.82) is 0 Å². The van der Waals surface area contributed by atoms with Crippen LogP contribution in [0.3, 0.4) is 0 Å². The lowest BCUT2D eigenvalue weighted by Crippen LogP contribution is -2.29. The van der Waals surface area contributed by atoms with E-state index in [9.17, 15) is 24.8 Å². The van der Waals surface area contributed by atoms with Gasteiger partial charge in [-0.1, -0.05) is 18.7 Å². The predicted octanol–water partition coefficient (Wildman–Crippen LogP) is 3.77. The van der Waals surface area contributed by atoms with Crippen LogP contribution in [0.1, 0.15) is 17.2 Å². The molecule has 0 aliphatic carbocycles. The van der Waals surface area contributed by atoms with Gasteiger partial charge in [-0.15, -0.1) is 6.58 Å². The molecule has 1 heterocycles. The Bertz CT molecular complexity index is 1070. The summed E-state index contributed by atoms with van der Waals surface area (Å²) < 4.78 is 5.41. The molecule has 3 rings (SSSR count). The Morgan fingerprint density at radius 3 is 2.29 bits per heavy atom. The number of hydrogen-bond acceptors (Lipinski definition) is 6. The van der Waals surface area contributed by atoms with Crippen molar-refractivity contribution >= 4 is 23.1 Å². The van der Waals surface area contributed by atoms with Gasteiger partial charge in [0.1, 0.15) is 18.1 Å². The number of non-ortho nitro benzene ring substituents is 1. The Balaban J connectivity index is 2.08. The van der Waals surface area contributed by atoms with Crippen molar-refractivity contribution < 1.29 is 24.4 Å². The highest BCUT2D eigenvalue weighted by atomic mass is 16.6. The number of benzene rings is 2. The molecule has 0 bridgehead atoms. The average Bonchev–Trinajstić information content (AvgIpc) is 3.03. The number of ether oxygens (including phenoxy) is 1. The van der Waals surface area contributed by atoms with Gasteiger partial charge in [0.25, 0.3) is 17.4 Å². The van der Waals surface area contributed by atoms with Crippen LogP contribution in [0.2, 0.25) is 0 Å². The molecule has 1 unspecified atom stereocenters. The first-order chi connectivity index (χ1) is 14.9. The first-order valence-electron chi connectivity index (χ1n) is 9.36. The molecule has 1 N–H and O–H groups in total. The van der Waals surface area contributed by atoms with Crippen molar-refractivity contribution in [2.45, 2.75) is 6.04 Å². The van der Waals surface area contributed by atoms with Gasteiger partial charge >= 0.3 is 0 Å². The number of aliphatic hydroxyl groups is 1. The molecule has 8 nitrogen and oxygen atoms in total. The van der Waals surface area contributed by atoms with Gasteiger partial charge in [-0.25, -0.2) is 0 Å². The topological polar surface area (TPSA) is 110 Å². The Morgan fingerprint density at radius 2 is 1.74 bits per heavy atom. The van der Waals surface area contributed by atoms with Crippen molar-refractivity contribution in [3.05, 3.63) is 101 Å². The molecule has 0 aromatic heterocycles. The van der Waals surface area contributed by atoms with E-state index in [-0.39, 0.29) is 23.6 Å². The van der Waals surface area contributed by atoms with Crippen LogP contribution in [0.25, 0.3) is 5.76 Å². The number of aliphatic hydroxyl groups excluding tert-OH is 1. The summed E-state index contributed by atoms with van der Waals surface area (Å²) in [6, 6.07) is 11.0. The average molecular weight is 420 g/mol. The lowest BCUT2D eigenvalue weighted by molar-refractivity contribution is -0.384. The number of amides is 1. The van der Waals surface area contributed by atoms with Gasteiger partial charge in [0.05, 0.1) is 16.5 Å². The molecule has 31 heavy (non-hydrogen) atoms. The molecule has 2 aromatic rings. The molecule has 1 amide bonds. The summed E-state index contributed by atoms with van der Waals surface area (Å²) in [7, 11) is 0. The third-order valence-corrected chi connectivity index (χ3v) is 4.78. The normalized spacial score (nSPS) is 17.4. The lowest BCUT2D eigenvalue weighted by atomic mass is 9.95. The number of hydrogen-bond donors (Lipinski definition) is 1. The minimum atomic E-state index is -0.907. The summed E-state index contributed by atoms with van der Waals surface area (Å²) in [6.07, 6.45) is 3.06. The van der Waals surface area contributed by atoms with Crippen LogP contribution >= 0.6 is 0 Å². The summed E-state index contributed by atoms with van der Waals surface area (Å²) in [6.45, 7) is 7.57. The highest BCUT2D eigenvalue weighted by Crippen LogP contribution is 2.39. The number of Topliss-reactive ketones (excluding diaryl/α,β-unsaturated/α-hetero) is 1. The van der Waals surface area contributed by atoms with Gasteiger partial charge in [0.15, 0.2) is 0 Å². The fourth-order valence-electron chi connectivity index (χ4n) is 3.35. The van der Waals surface area contributed by atoms with Gasteiger partial charge < -0.3 is 14.7 Å². The highest BCUT2D eigenvalue weighted by molar-refractivity contribution is 6.46. The second-order valence-corrected chi connectivity index (χ2v) is 6.71. The minimum absolute atomic E-state index is 0.0668. The summed E-state index contributed by atoms with van der Waals surface area (Å²) in [5.74, 6) is -1.41. The first kappa shape index (κ1) is 21.5. The number of rotatable bonds is 8. The number of carbonyl (C=O) groups excluding carboxylic acids is 2. The zero-order valence-corrected chi connectivity index (χ0v) is 16.6. The highest BCUT2D eigenvalue weighted by Gasteiger charge is 2.45. The van der Waals surface area contributed by atoms with E-state index in [4.69, 9.17) is 4.74 Å². The second-order valence-electron chi connectivity index (χ2n) is 6.71. The van der Waals surface area contributed by atoms with E-state index >= 15 is 0 Å². The second kappa shape index (κ2) is 9.08. The number of nitrogens with zero attached hydrogens (tertiary/aromatic N) is 2. The smallest absolute Gasteiger partial charge is 0.295 e. The lowest BCUT2D eigenvalue weighted by Gasteiger charge is -2.24. The van der Waals surface area contributed by atoms with Crippen LogP contribution in [-0.4, -0.2) is 39.8 Å². The zero-order valence-electron chi connectivity index (χ0n) is 16.6. The van der Waals surface area contributed by atoms with Crippen molar-refractivity contribution in [1.82, 2.24) is 4.90 Å². The quantitative estimate of drug-likeness (QED) is 0.174. The molecule has 2 aromatic carbocycles. The zero-order chi connectivity index (χ0) is 22.5. The van der Waals surface area contributed by atoms with Crippen LogP contribution < -0.4 is 4.74 Å². The largest absolute Gasteiger partial charge is 0.507 e. The number of ketones is 1. The molecule has 1 aliphatic heterocycles. The van der Waals surface area contributed by atoms with Gasteiger partial charge in [-0.3, -0.25) is 19.7 Å². The summed E-state index contributed by atoms with van der Waals surface area (Å²) >= 11 is 0. The molecule has 0 spiro atoms. The minimum Gasteiger partial charge on any atom is -0.507 e. The standard InChI is InChI=1S/C23H20N2O6/c1-3-13-24-20(15-5-9-17(10-6-15)25(29)30)19(22(27)23(24)28)21(26)16-7-11-18(12-8-16)31-14-4-2/h3-12,20,26H,1-2,13-14H2/b21-19+. The van der Waals surface area contributed by atoms with E-state index in [0.717, 1.165) is 0 Å². The fourth-order valence-corrected chi connectivity index (χ4v) is 3.35. The van der Waals surface area contributed by atoms with Crippen molar-refractivity contribution in [3.8, 4) is 5.75 Å². The van der Waals surface area contributed by atoms with E-state index in [2.05, 4.69) is 13.2 Å². The Morgan fingerprint density at radius 1 is 1.10 bits per heavy atom. The van der Waals surface area contributed by atoms with Crippen LogP contribution in [0.5, 0.6) is 5.75 Å². The van der Waals surface area contributed by atoms with Crippen LogP contribution in [0.15, 0.2) is 79.4 Å². The monoisotopic (exact) mass is 420 g/mol. The summed E-state index contributed by atoms with van der Waals surface area (Å²) in [5, 5.41) is 21.9. The molecular formula is C23H20N2O6. The van der Waals surface area contributed by atoms with Gasteiger partial charge in [0.2, 0.25) is 0 Å². The van der Waals surface area contributed by atoms with Gasteiger partial charge in [0, 0.05) is 24.2 Å². The van der Waals surface area contributed by atoms with E-state index in [1.54, 1.807) is 30.3 Å². The summed E-state index contributed by atoms with van der Waals surface area (Å²) in [5.41, 5.74) is 0.564. The van der Waals surface area contributed by atoms with Crippen molar-refractivity contribution in [3.63, 3.8) is 0 Å². The number of nitro benzene ring substituents is 1. The SMILES string of the molecule is C=CCOc1ccc(/C(O)=C2\C(=O)C(=O)N(CC=C)C2c2ccc([N+](=O)[O-])cc2)cc1. The van der Waals surface area contributed by atoms with Crippen LogP contribution in [0.4, 0.5) is 5.69 Å². The molecule has 0 radical (unpaired) electrons. The van der Waals surface area contributed by atoms with Crippen molar-refractivity contribution in [2.24, 2.45) is 0 Å². The molecule has 1 saturated heterocycles. The maximum Gasteiger partial charge on any atom is 0.295 e. The van der Waals surface area contributed by atoms with E-state index in [0.29, 0.717) is 23.5 Å². The van der Waals surface area contributed by atoms with E-state index in [1.807, 2.05) is 0 Å². The number of likely N-dealkylation sites (tertiary alicyclic amines) is 1. The van der Waals surface area contributed by atoms with Crippen LogP contribution in [-0.2, 0) is 9.59 Å². The Kier molecular flexibility index (Phi) is 6.30.